The summed E-state index contributed by atoms with van der Waals surface area (Å²) >= 11 is 0. The Hall–Kier alpha value is -2.83. The second-order valence-corrected chi connectivity index (χ2v) is 6.09. The Morgan fingerprint density at radius 3 is 3.00 bits per heavy atom. The summed E-state index contributed by atoms with van der Waals surface area (Å²) < 4.78 is 11.2. The van der Waals surface area contributed by atoms with Crippen LogP contribution in [0.1, 0.15) is 18.6 Å². The Kier molecular flexibility index (Phi) is 5.33. The maximum atomic E-state index is 12.4. The number of amides is 1. The standard InChI is InChI=1S/C18H22N4O3/c1-21(2)17-18(20-10-9-19-17)25-15-5-3-11-22(13-15)16(23)8-7-14-6-4-12-24-14/h4,6-10,12,15H,3,5,11,13H2,1-2H3. The molecule has 2 aromatic rings. The minimum atomic E-state index is -0.0925. The third-order valence-corrected chi connectivity index (χ3v) is 3.97. The van der Waals surface area contributed by atoms with Gasteiger partial charge in [0.25, 0.3) is 5.88 Å². The van der Waals surface area contributed by atoms with E-state index in [0.717, 1.165) is 19.4 Å². The second-order valence-electron chi connectivity index (χ2n) is 6.09. The maximum Gasteiger partial charge on any atom is 0.257 e. The Bertz CT molecular complexity index is 728. The number of hydrogen-bond acceptors (Lipinski definition) is 6. The van der Waals surface area contributed by atoms with E-state index in [1.807, 2.05) is 25.1 Å². The number of anilines is 1. The van der Waals surface area contributed by atoms with Crippen molar-refractivity contribution in [1.82, 2.24) is 14.9 Å². The fourth-order valence-electron chi connectivity index (χ4n) is 2.75. The highest BCUT2D eigenvalue weighted by molar-refractivity contribution is 5.91. The molecule has 3 heterocycles. The van der Waals surface area contributed by atoms with Crippen molar-refractivity contribution in [3.63, 3.8) is 0 Å². The average Bonchev–Trinajstić information content (AvgIpc) is 3.14. The highest BCUT2D eigenvalue weighted by Crippen LogP contribution is 2.24. The SMILES string of the molecule is CN(C)c1nccnc1OC1CCCN(C(=O)C=Cc2ccco2)C1. The molecule has 0 aliphatic carbocycles. The number of carbonyl (C=O) groups is 1. The summed E-state index contributed by atoms with van der Waals surface area (Å²) in [6.07, 6.45) is 9.73. The van der Waals surface area contributed by atoms with Crippen molar-refractivity contribution < 1.29 is 13.9 Å². The molecule has 1 fully saturated rings. The maximum absolute atomic E-state index is 12.4. The molecule has 1 aliphatic rings. The second kappa shape index (κ2) is 7.83. The molecule has 7 heteroatoms. The van der Waals surface area contributed by atoms with Gasteiger partial charge in [0.05, 0.1) is 12.8 Å². The Balaban J connectivity index is 1.62. The Morgan fingerprint density at radius 2 is 2.24 bits per heavy atom. The number of furan rings is 1. The van der Waals surface area contributed by atoms with Crippen LogP contribution in [0.2, 0.25) is 0 Å². The van der Waals surface area contributed by atoms with Crippen molar-refractivity contribution in [3.05, 3.63) is 42.6 Å². The molecular weight excluding hydrogens is 320 g/mol. The quantitative estimate of drug-likeness (QED) is 0.776. The van der Waals surface area contributed by atoms with Crippen LogP contribution in [-0.2, 0) is 4.79 Å². The largest absolute Gasteiger partial charge is 0.470 e. The molecule has 3 rings (SSSR count). The van der Waals surface area contributed by atoms with E-state index in [2.05, 4.69) is 9.97 Å². The minimum Gasteiger partial charge on any atom is -0.470 e. The van der Waals surface area contributed by atoms with Gasteiger partial charge >= 0.3 is 0 Å². The molecule has 7 nitrogen and oxygen atoms in total. The van der Waals surface area contributed by atoms with Crippen LogP contribution in [0.3, 0.4) is 0 Å². The van der Waals surface area contributed by atoms with Gasteiger partial charge in [0.1, 0.15) is 11.9 Å². The first-order valence-corrected chi connectivity index (χ1v) is 8.29. The molecule has 0 spiro atoms. The molecule has 1 unspecified atom stereocenters. The van der Waals surface area contributed by atoms with Crippen LogP contribution in [0.4, 0.5) is 5.82 Å². The van der Waals surface area contributed by atoms with Crippen molar-refractivity contribution in [2.24, 2.45) is 0 Å². The number of ether oxygens (including phenoxy) is 1. The molecular formula is C18H22N4O3. The van der Waals surface area contributed by atoms with Crippen LogP contribution in [0.15, 0.2) is 41.3 Å². The molecule has 1 aliphatic heterocycles. The van der Waals surface area contributed by atoms with Crippen LogP contribution in [0, 0.1) is 0 Å². The number of rotatable bonds is 5. The smallest absolute Gasteiger partial charge is 0.257 e. The monoisotopic (exact) mass is 342 g/mol. The van der Waals surface area contributed by atoms with Gasteiger partial charge in [-0.1, -0.05) is 0 Å². The minimum absolute atomic E-state index is 0.0447. The van der Waals surface area contributed by atoms with E-state index in [9.17, 15) is 4.79 Å². The van der Waals surface area contributed by atoms with Crippen LogP contribution in [-0.4, -0.2) is 54.1 Å². The summed E-state index contributed by atoms with van der Waals surface area (Å²) in [7, 11) is 3.79. The first-order chi connectivity index (χ1) is 12.1. The van der Waals surface area contributed by atoms with E-state index in [-0.39, 0.29) is 12.0 Å². The normalized spacial score (nSPS) is 17.7. The van der Waals surface area contributed by atoms with Gasteiger partial charge in [-0.3, -0.25) is 4.79 Å². The lowest BCUT2D eigenvalue weighted by Gasteiger charge is -2.32. The van der Waals surface area contributed by atoms with Crippen molar-refractivity contribution >= 4 is 17.8 Å². The average molecular weight is 342 g/mol. The summed E-state index contributed by atoms with van der Waals surface area (Å²) in [6.45, 7) is 1.26. The molecule has 25 heavy (non-hydrogen) atoms. The fourth-order valence-corrected chi connectivity index (χ4v) is 2.75. The van der Waals surface area contributed by atoms with Crippen LogP contribution in [0.5, 0.6) is 5.88 Å². The molecule has 0 N–H and O–H groups in total. The first-order valence-electron chi connectivity index (χ1n) is 8.29. The van der Waals surface area contributed by atoms with E-state index < -0.39 is 0 Å². The summed E-state index contributed by atoms with van der Waals surface area (Å²) in [5.41, 5.74) is 0. The van der Waals surface area contributed by atoms with Crippen LogP contribution < -0.4 is 9.64 Å². The summed E-state index contributed by atoms with van der Waals surface area (Å²) in [4.78, 5) is 24.6. The lowest BCUT2D eigenvalue weighted by molar-refractivity contribution is -0.128. The van der Waals surface area contributed by atoms with Crippen molar-refractivity contribution in [1.29, 1.82) is 0 Å². The van der Waals surface area contributed by atoms with Gasteiger partial charge in [-0.25, -0.2) is 9.97 Å². The van der Waals surface area contributed by atoms with Crippen molar-refractivity contribution in [2.45, 2.75) is 18.9 Å². The highest BCUT2D eigenvalue weighted by atomic mass is 16.5. The molecule has 2 aromatic heterocycles. The third kappa shape index (κ3) is 4.37. The molecule has 0 saturated carbocycles. The molecule has 1 saturated heterocycles. The number of aromatic nitrogens is 2. The number of nitrogens with zero attached hydrogens (tertiary/aromatic N) is 4. The number of carbonyl (C=O) groups excluding carboxylic acids is 1. The summed E-state index contributed by atoms with van der Waals surface area (Å²) in [6, 6.07) is 3.60. The van der Waals surface area contributed by atoms with Crippen molar-refractivity contribution in [3.8, 4) is 5.88 Å². The molecule has 0 radical (unpaired) electrons. The van der Waals surface area contributed by atoms with Gasteiger partial charge in [-0.05, 0) is 31.1 Å². The van der Waals surface area contributed by atoms with E-state index in [0.29, 0.717) is 24.0 Å². The zero-order chi connectivity index (χ0) is 17.6. The van der Waals surface area contributed by atoms with E-state index in [4.69, 9.17) is 9.15 Å². The van der Waals surface area contributed by atoms with Crippen molar-refractivity contribution in [2.75, 3.05) is 32.1 Å². The number of likely N-dealkylation sites (tertiary alicyclic amines) is 1. The number of piperidine rings is 1. The molecule has 1 amide bonds. The Labute approximate surface area is 146 Å². The predicted molar refractivity (Wildman–Crippen MR) is 94.3 cm³/mol. The van der Waals surface area contributed by atoms with Gasteiger partial charge in [0.2, 0.25) is 5.91 Å². The van der Waals surface area contributed by atoms with E-state index in [1.165, 1.54) is 6.08 Å². The van der Waals surface area contributed by atoms with Gasteiger partial charge in [0, 0.05) is 39.1 Å². The van der Waals surface area contributed by atoms with Gasteiger partial charge in [0.15, 0.2) is 5.82 Å². The van der Waals surface area contributed by atoms with Crippen LogP contribution >= 0.6 is 0 Å². The third-order valence-electron chi connectivity index (χ3n) is 3.97. The zero-order valence-electron chi connectivity index (χ0n) is 14.5. The van der Waals surface area contributed by atoms with Gasteiger partial charge < -0.3 is 19.0 Å². The fraction of sp³-hybridized carbons (Fsp3) is 0.389. The topological polar surface area (TPSA) is 71.7 Å². The Morgan fingerprint density at radius 1 is 1.40 bits per heavy atom. The molecule has 0 aromatic carbocycles. The van der Waals surface area contributed by atoms with Crippen LogP contribution in [0.25, 0.3) is 6.08 Å². The highest BCUT2D eigenvalue weighted by Gasteiger charge is 2.25. The first kappa shape index (κ1) is 17.0. The zero-order valence-corrected chi connectivity index (χ0v) is 14.5. The van der Waals surface area contributed by atoms with E-state index in [1.54, 1.807) is 35.7 Å². The number of hydrogen-bond donors (Lipinski definition) is 0. The lowest BCUT2D eigenvalue weighted by Crippen LogP contribution is -2.44. The van der Waals surface area contributed by atoms with Gasteiger partial charge in [-0.15, -0.1) is 0 Å². The van der Waals surface area contributed by atoms with Gasteiger partial charge in [-0.2, -0.15) is 0 Å². The summed E-state index contributed by atoms with van der Waals surface area (Å²) in [5, 5.41) is 0. The lowest BCUT2D eigenvalue weighted by atomic mass is 10.1. The summed E-state index contributed by atoms with van der Waals surface area (Å²) in [5.74, 6) is 1.80. The molecule has 0 bridgehead atoms. The predicted octanol–water partition coefficient (Wildman–Crippen LogP) is 2.22. The molecule has 1 atom stereocenters. The molecule has 132 valence electrons. The van der Waals surface area contributed by atoms with E-state index >= 15 is 0 Å².